The summed E-state index contributed by atoms with van der Waals surface area (Å²) in [4.78, 5) is 24.1. The van der Waals surface area contributed by atoms with Crippen LogP contribution in [0.1, 0.15) is 48.2 Å². The Morgan fingerprint density at radius 2 is 2.32 bits per heavy atom. The lowest BCUT2D eigenvalue weighted by Gasteiger charge is -2.14. The van der Waals surface area contributed by atoms with E-state index < -0.39 is 11.0 Å². The molecule has 8 nitrogen and oxygen atoms in total. The number of nitrogens with one attached hydrogen (secondary N) is 1. The van der Waals surface area contributed by atoms with E-state index in [1.54, 1.807) is 0 Å². The Bertz CT molecular complexity index is 864. The maximum atomic E-state index is 12.7. The molecule has 3 rings (SSSR count). The molecule has 1 amide bonds. The molecule has 0 saturated heterocycles. The van der Waals surface area contributed by atoms with Crippen molar-refractivity contribution in [1.29, 1.82) is 5.26 Å². The number of hydrogen-bond acceptors (Lipinski definition) is 6. The molecule has 0 radical (unpaired) electrons. The number of fused-ring (bicyclic) bond motifs is 1. The summed E-state index contributed by atoms with van der Waals surface area (Å²) in [6, 6.07) is 1.54. The van der Waals surface area contributed by atoms with E-state index in [-0.39, 0.29) is 11.6 Å². The van der Waals surface area contributed by atoms with Gasteiger partial charge in [-0.2, -0.15) is 10.4 Å². The highest BCUT2D eigenvalue weighted by Crippen LogP contribution is 2.38. The van der Waals surface area contributed by atoms with Crippen molar-refractivity contribution in [3.8, 4) is 6.07 Å². The average Bonchev–Trinajstić information content (AvgIpc) is 3.20. The van der Waals surface area contributed by atoms with Crippen molar-refractivity contribution in [3.05, 3.63) is 38.5 Å². The normalized spacial score (nSPS) is 14.4. The number of carbonyl (C=O) groups excluding carboxylic acids is 1. The first-order valence-corrected chi connectivity index (χ1v) is 8.90. The van der Waals surface area contributed by atoms with Crippen molar-refractivity contribution < 1.29 is 9.72 Å². The minimum Gasteiger partial charge on any atom is -0.315 e. The van der Waals surface area contributed by atoms with Gasteiger partial charge >= 0.3 is 5.69 Å². The fourth-order valence-electron chi connectivity index (χ4n) is 3.05. The highest BCUT2D eigenvalue weighted by Gasteiger charge is 2.26. The fraction of sp³-hybridized carbons (Fsp3) is 0.438. The summed E-state index contributed by atoms with van der Waals surface area (Å²) in [6.07, 6.45) is 6.76. The number of carbonyl (C=O) groups is 1. The van der Waals surface area contributed by atoms with E-state index in [9.17, 15) is 20.2 Å². The molecule has 1 unspecified atom stereocenters. The smallest absolute Gasteiger partial charge is 0.307 e. The molecule has 2 heterocycles. The van der Waals surface area contributed by atoms with Gasteiger partial charge in [0.1, 0.15) is 29.5 Å². The fourth-order valence-corrected chi connectivity index (χ4v) is 4.30. The maximum absolute atomic E-state index is 12.7. The molecule has 0 aliphatic heterocycles. The number of anilines is 1. The minimum absolute atomic E-state index is 0.157. The lowest BCUT2D eigenvalue weighted by molar-refractivity contribution is -0.385. The Hall–Kier alpha value is -2.73. The summed E-state index contributed by atoms with van der Waals surface area (Å²) in [5.41, 5.74) is 1.45. The van der Waals surface area contributed by atoms with Crippen LogP contribution in [0, 0.1) is 21.4 Å². The van der Waals surface area contributed by atoms with E-state index in [0.717, 1.165) is 37.4 Å². The highest BCUT2D eigenvalue weighted by atomic mass is 32.1. The van der Waals surface area contributed by atoms with E-state index in [2.05, 4.69) is 16.5 Å². The van der Waals surface area contributed by atoms with Gasteiger partial charge in [0, 0.05) is 4.88 Å². The first-order valence-electron chi connectivity index (χ1n) is 8.09. The Balaban J connectivity index is 1.84. The third-order valence-electron chi connectivity index (χ3n) is 4.33. The molecular weight excluding hydrogens is 342 g/mol. The standard InChI is InChI=1S/C16H17N5O3S/c1-2-13(20-9-10(8-18-20)21(23)24)15(22)19-16-12(7-17)11-5-3-4-6-14(11)25-16/h8-9,13H,2-6H2,1H3,(H,19,22). The predicted octanol–water partition coefficient (Wildman–Crippen LogP) is 3.19. The number of nitro groups is 1. The minimum atomic E-state index is -0.667. The molecular formula is C16H17N5O3S. The van der Waals surface area contributed by atoms with Gasteiger partial charge in [0.05, 0.1) is 10.5 Å². The van der Waals surface area contributed by atoms with Crippen LogP contribution in [-0.4, -0.2) is 20.6 Å². The Morgan fingerprint density at radius 1 is 1.56 bits per heavy atom. The molecule has 1 atom stereocenters. The van der Waals surface area contributed by atoms with Gasteiger partial charge in [-0.05, 0) is 37.7 Å². The summed E-state index contributed by atoms with van der Waals surface area (Å²) >= 11 is 1.46. The highest BCUT2D eigenvalue weighted by molar-refractivity contribution is 7.16. The van der Waals surface area contributed by atoms with Gasteiger partial charge in [-0.25, -0.2) is 0 Å². The SMILES string of the molecule is CCC(C(=O)Nc1sc2c(c1C#N)CCCC2)n1cc([N+](=O)[O-])cn1. The zero-order chi connectivity index (χ0) is 18.0. The van der Waals surface area contributed by atoms with Crippen LogP contribution in [0.15, 0.2) is 12.4 Å². The van der Waals surface area contributed by atoms with Crippen LogP contribution < -0.4 is 5.32 Å². The lowest BCUT2D eigenvalue weighted by Crippen LogP contribution is -2.25. The summed E-state index contributed by atoms with van der Waals surface area (Å²) in [7, 11) is 0. The Labute approximate surface area is 148 Å². The summed E-state index contributed by atoms with van der Waals surface area (Å²) in [6.45, 7) is 1.81. The molecule has 2 aromatic rings. The molecule has 25 heavy (non-hydrogen) atoms. The number of nitriles is 1. The number of hydrogen-bond donors (Lipinski definition) is 1. The van der Waals surface area contributed by atoms with Crippen molar-refractivity contribution in [1.82, 2.24) is 9.78 Å². The third-order valence-corrected chi connectivity index (χ3v) is 5.53. The molecule has 9 heteroatoms. The van der Waals surface area contributed by atoms with Gasteiger partial charge < -0.3 is 5.32 Å². The number of aromatic nitrogens is 2. The molecule has 1 aliphatic rings. The monoisotopic (exact) mass is 359 g/mol. The van der Waals surface area contributed by atoms with Crippen molar-refractivity contribution in [3.63, 3.8) is 0 Å². The first kappa shape index (κ1) is 17.1. The number of thiophene rings is 1. The van der Waals surface area contributed by atoms with Crippen molar-refractivity contribution >= 4 is 27.9 Å². The van der Waals surface area contributed by atoms with Crippen LogP contribution in [0.3, 0.4) is 0 Å². The second kappa shape index (κ2) is 7.03. The van der Waals surface area contributed by atoms with E-state index in [0.29, 0.717) is 17.0 Å². The molecule has 2 aromatic heterocycles. The van der Waals surface area contributed by atoms with Crippen LogP contribution in [0.2, 0.25) is 0 Å². The second-order valence-corrected chi connectivity index (χ2v) is 6.98. The quantitative estimate of drug-likeness (QED) is 0.650. The van der Waals surface area contributed by atoms with E-state index in [1.807, 2.05) is 6.92 Å². The van der Waals surface area contributed by atoms with Crippen LogP contribution in [0.25, 0.3) is 0 Å². The van der Waals surface area contributed by atoms with Crippen molar-refractivity contribution in [2.45, 2.75) is 45.1 Å². The number of aryl methyl sites for hydroxylation is 1. The zero-order valence-corrected chi connectivity index (χ0v) is 14.5. The number of nitrogens with zero attached hydrogens (tertiary/aromatic N) is 4. The van der Waals surface area contributed by atoms with Crippen molar-refractivity contribution in [2.75, 3.05) is 5.32 Å². The van der Waals surface area contributed by atoms with Crippen LogP contribution in [0.4, 0.5) is 10.7 Å². The predicted molar refractivity (Wildman–Crippen MR) is 92.5 cm³/mol. The average molecular weight is 359 g/mol. The van der Waals surface area contributed by atoms with Crippen molar-refractivity contribution in [2.24, 2.45) is 0 Å². The zero-order valence-electron chi connectivity index (χ0n) is 13.7. The van der Waals surface area contributed by atoms with Crippen LogP contribution in [-0.2, 0) is 17.6 Å². The number of amides is 1. The molecule has 0 spiro atoms. The van der Waals surface area contributed by atoms with Gasteiger partial charge in [0.25, 0.3) is 0 Å². The van der Waals surface area contributed by atoms with Gasteiger partial charge in [-0.15, -0.1) is 11.3 Å². The second-order valence-electron chi connectivity index (χ2n) is 5.88. The summed E-state index contributed by atoms with van der Waals surface area (Å²) in [5, 5.41) is 27.6. The molecule has 0 saturated carbocycles. The molecule has 1 N–H and O–H groups in total. The van der Waals surface area contributed by atoms with E-state index in [4.69, 9.17) is 0 Å². The molecule has 0 aromatic carbocycles. The van der Waals surface area contributed by atoms with E-state index in [1.165, 1.54) is 27.1 Å². The van der Waals surface area contributed by atoms with Gasteiger partial charge in [0.15, 0.2) is 0 Å². The van der Waals surface area contributed by atoms with Crippen LogP contribution >= 0.6 is 11.3 Å². The van der Waals surface area contributed by atoms with Gasteiger partial charge in [-0.3, -0.25) is 19.6 Å². The first-order chi connectivity index (χ1) is 12.0. The number of rotatable bonds is 5. The lowest BCUT2D eigenvalue weighted by atomic mass is 9.96. The maximum Gasteiger partial charge on any atom is 0.307 e. The molecule has 0 fully saturated rings. The Morgan fingerprint density at radius 3 is 2.96 bits per heavy atom. The molecule has 130 valence electrons. The molecule has 1 aliphatic carbocycles. The van der Waals surface area contributed by atoms with Crippen LogP contribution in [0.5, 0.6) is 0 Å². The van der Waals surface area contributed by atoms with E-state index >= 15 is 0 Å². The van der Waals surface area contributed by atoms with Gasteiger partial charge in [0.2, 0.25) is 5.91 Å². The molecule has 0 bridgehead atoms. The van der Waals surface area contributed by atoms with Gasteiger partial charge in [-0.1, -0.05) is 6.92 Å². The summed E-state index contributed by atoms with van der Waals surface area (Å²) < 4.78 is 1.30. The topological polar surface area (TPSA) is 114 Å². The summed E-state index contributed by atoms with van der Waals surface area (Å²) in [5.74, 6) is -0.324. The third kappa shape index (κ3) is 3.25. The Kier molecular flexibility index (Phi) is 4.81. The largest absolute Gasteiger partial charge is 0.315 e.